The molecule has 2 nitrogen and oxygen atoms in total. The van der Waals surface area contributed by atoms with E-state index in [1.165, 1.54) is 32.1 Å². The summed E-state index contributed by atoms with van der Waals surface area (Å²) in [6, 6.07) is 0. The molecule has 1 aliphatic rings. The second-order valence-electron chi connectivity index (χ2n) is 3.03. The maximum absolute atomic E-state index is 8.83. The van der Waals surface area contributed by atoms with Gasteiger partial charge in [0.15, 0.2) is 0 Å². The van der Waals surface area contributed by atoms with Crippen molar-refractivity contribution in [1.29, 1.82) is 0 Å². The summed E-state index contributed by atoms with van der Waals surface area (Å²) in [5, 5.41) is 8.83. The van der Waals surface area contributed by atoms with Gasteiger partial charge < -0.3 is 5.11 Å². The number of rotatable bonds is 1. The van der Waals surface area contributed by atoms with Crippen LogP contribution in [0.4, 0.5) is 0 Å². The molecule has 1 fully saturated rings. The fourth-order valence-corrected chi connectivity index (χ4v) is 1.45. The van der Waals surface area contributed by atoms with Gasteiger partial charge in [-0.2, -0.15) is 0 Å². The lowest BCUT2D eigenvalue weighted by Gasteiger charge is -2.21. The highest BCUT2D eigenvalue weighted by molar-refractivity contribution is 4.58. The van der Waals surface area contributed by atoms with Gasteiger partial charge in [-0.05, 0) is 12.8 Å². The van der Waals surface area contributed by atoms with Crippen molar-refractivity contribution < 1.29 is 5.11 Å². The van der Waals surface area contributed by atoms with Gasteiger partial charge in [-0.3, -0.25) is 4.90 Å². The van der Waals surface area contributed by atoms with Crippen molar-refractivity contribution in [2.45, 2.75) is 32.1 Å². The standard InChI is InChI=1S/C8H17NO/c10-8-9-6-4-2-1-3-5-7-9/h10H,1-8H2. The maximum atomic E-state index is 8.83. The highest BCUT2D eigenvalue weighted by Crippen LogP contribution is 2.09. The molecule has 0 aromatic rings. The number of hydrogen-bond acceptors (Lipinski definition) is 2. The molecular weight excluding hydrogens is 126 g/mol. The molecule has 0 bridgehead atoms. The van der Waals surface area contributed by atoms with Gasteiger partial charge >= 0.3 is 0 Å². The Balaban J connectivity index is 2.16. The molecule has 10 heavy (non-hydrogen) atoms. The molecule has 0 atom stereocenters. The Kier molecular flexibility index (Phi) is 3.76. The van der Waals surface area contributed by atoms with Gasteiger partial charge in [0.25, 0.3) is 0 Å². The van der Waals surface area contributed by atoms with E-state index in [9.17, 15) is 0 Å². The second kappa shape index (κ2) is 4.69. The summed E-state index contributed by atoms with van der Waals surface area (Å²) in [4.78, 5) is 2.12. The molecule has 0 aromatic carbocycles. The SMILES string of the molecule is OCN1CCCCCCC1. The van der Waals surface area contributed by atoms with Crippen LogP contribution in [0.3, 0.4) is 0 Å². The molecule has 1 heterocycles. The number of likely N-dealkylation sites (tertiary alicyclic amines) is 1. The van der Waals surface area contributed by atoms with Crippen LogP contribution in [-0.2, 0) is 0 Å². The number of aliphatic hydroxyl groups is 1. The Hall–Kier alpha value is -0.0800. The van der Waals surface area contributed by atoms with Gasteiger partial charge in [-0.15, -0.1) is 0 Å². The van der Waals surface area contributed by atoms with Crippen molar-refractivity contribution >= 4 is 0 Å². The van der Waals surface area contributed by atoms with Crippen molar-refractivity contribution in [2.75, 3.05) is 19.8 Å². The minimum Gasteiger partial charge on any atom is -0.381 e. The van der Waals surface area contributed by atoms with E-state index in [4.69, 9.17) is 5.11 Å². The van der Waals surface area contributed by atoms with Crippen molar-refractivity contribution in [3.05, 3.63) is 0 Å². The van der Waals surface area contributed by atoms with E-state index in [0.717, 1.165) is 13.1 Å². The Morgan fingerprint density at radius 1 is 0.900 bits per heavy atom. The molecule has 0 spiro atoms. The maximum Gasteiger partial charge on any atom is 0.0956 e. The van der Waals surface area contributed by atoms with E-state index in [2.05, 4.69) is 4.90 Å². The largest absolute Gasteiger partial charge is 0.381 e. The topological polar surface area (TPSA) is 23.5 Å². The predicted octanol–water partition coefficient (Wildman–Crippen LogP) is 1.20. The Morgan fingerprint density at radius 2 is 1.40 bits per heavy atom. The zero-order valence-electron chi connectivity index (χ0n) is 6.55. The zero-order valence-corrected chi connectivity index (χ0v) is 6.55. The first-order chi connectivity index (χ1) is 4.93. The molecule has 1 N–H and O–H groups in total. The minimum absolute atomic E-state index is 0.250. The van der Waals surface area contributed by atoms with Crippen LogP contribution in [0.25, 0.3) is 0 Å². The fraction of sp³-hybridized carbons (Fsp3) is 1.00. The van der Waals surface area contributed by atoms with Crippen molar-refractivity contribution in [2.24, 2.45) is 0 Å². The van der Waals surface area contributed by atoms with Crippen molar-refractivity contribution in [3.63, 3.8) is 0 Å². The number of aliphatic hydroxyl groups excluding tert-OH is 1. The molecule has 0 aromatic heterocycles. The van der Waals surface area contributed by atoms with Crippen LogP contribution in [0.1, 0.15) is 32.1 Å². The van der Waals surface area contributed by atoms with Crippen molar-refractivity contribution in [3.8, 4) is 0 Å². The summed E-state index contributed by atoms with van der Waals surface area (Å²) in [6.45, 7) is 2.44. The van der Waals surface area contributed by atoms with Crippen LogP contribution >= 0.6 is 0 Å². The van der Waals surface area contributed by atoms with Gasteiger partial charge in [0, 0.05) is 13.1 Å². The Labute approximate surface area is 62.8 Å². The first kappa shape index (κ1) is 8.02. The van der Waals surface area contributed by atoms with E-state index in [0.29, 0.717) is 0 Å². The van der Waals surface area contributed by atoms with E-state index < -0.39 is 0 Å². The molecule has 2 heteroatoms. The molecule has 0 radical (unpaired) electrons. The van der Waals surface area contributed by atoms with Crippen LogP contribution in [0, 0.1) is 0 Å². The van der Waals surface area contributed by atoms with Gasteiger partial charge in [0.2, 0.25) is 0 Å². The lowest BCUT2D eigenvalue weighted by molar-refractivity contribution is 0.0992. The normalized spacial score (nSPS) is 23.7. The van der Waals surface area contributed by atoms with Crippen LogP contribution in [0.15, 0.2) is 0 Å². The predicted molar refractivity (Wildman–Crippen MR) is 41.7 cm³/mol. The molecule has 1 aliphatic heterocycles. The van der Waals surface area contributed by atoms with Crippen molar-refractivity contribution in [1.82, 2.24) is 4.90 Å². The van der Waals surface area contributed by atoms with E-state index in [-0.39, 0.29) is 6.73 Å². The van der Waals surface area contributed by atoms with Gasteiger partial charge in [0.05, 0.1) is 6.73 Å². The highest BCUT2D eigenvalue weighted by atomic mass is 16.3. The molecule has 1 saturated heterocycles. The summed E-state index contributed by atoms with van der Waals surface area (Å²) >= 11 is 0. The monoisotopic (exact) mass is 143 g/mol. The average Bonchev–Trinajstić information content (AvgIpc) is 1.87. The van der Waals surface area contributed by atoms with Crippen LogP contribution in [-0.4, -0.2) is 29.8 Å². The van der Waals surface area contributed by atoms with E-state index >= 15 is 0 Å². The smallest absolute Gasteiger partial charge is 0.0956 e. The number of nitrogens with zero attached hydrogens (tertiary/aromatic N) is 1. The van der Waals surface area contributed by atoms with Gasteiger partial charge in [-0.1, -0.05) is 19.3 Å². The minimum atomic E-state index is 0.250. The molecule has 0 amide bonds. The zero-order chi connectivity index (χ0) is 7.23. The Morgan fingerprint density at radius 3 is 1.90 bits per heavy atom. The molecule has 0 unspecified atom stereocenters. The van der Waals surface area contributed by atoms with Crippen LogP contribution in [0.5, 0.6) is 0 Å². The number of hydrogen-bond donors (Lipinski definition) is 1. The second-order valence-corrected chi connectivity index (χ2v) is 3.03. The van der Waals surface area contributed by atoms with Crippen LogP contribution < -0.4 is 0 Å². The molecule has 0 aliphatic carbocycles. The molecular formula is C8H17NO. The summed E-state index contributed by atoms with van der Waals surface area (Å²) in [5.74, 6) is 0. The lowest BCUT2D eigenvalue weighted by Crippen LogP contribution is -2.28. The summed E-state index contributed by atoms with van der Waals surface area (Å²) in [5.41, 5.74) is 0. The third kappa shape index (κ3) is 2.67. The van der Waals surface area contributed by atoms with Gasteiger partial charge in [0.1, 0.15) is 0 Å². The third-order valence-electron chi connectivity index (χ3n) is 2.15. The molecule has 60 valence electrons. The van der Waals surface area contributed by atoms with E-state index in [1.54, 1.807) is 0 Å². The first-order valence-corrected chi connectivity index (χ1v) is 4.26. The summed E-state index contributed by atoms with van der Waals surface area (Å²) in [6.07, 6.45) is 6.60. The quantitative estimate of drug-likeness (QED) is 0.596. The van der Waals surface area contributed by atoms with Gasteiger partial charge in [-0.25, -0.2) is 0 Å². The van der Waals surface area contributed by atoms with Crippen LogP contribution in [0.2, 0.25) is 0 Å². The Bertz CT molecular complexity index is 77.3. The fourth-order valence-electron chi connectivity index (χ4n) is 1.45. The average molecular weight is 143 g/mol. The third-order valence-corrected chi connectivity index (χ3v) is 2.15. The summed E-state index contributed by atoms with van der Waals surface area (Å²) < 4.78 is 0. The highest BCUT2D eigenvalue weighted by Gasteiger charge is 2.04. The first-order valence-electron chi connectivity index (χ1n) is 4.26. The lowest BCUT2D eigenvalue weighted by atomic mass is 10.1. The molecule has 1 rings (SSSR count). The van der Waals surface area contributed by atoms with E-state index in [1.807, 2.05) is 0 Å². The summed E-state index contributed by atoms with van der Waals surface area (Å²) in [7, 11) is 0. The molecule has 0 saturated carbocycles.